The number of aromatic nitrogens is 4. The molecule has 3 heterocycles. The average molecular weight is 529 g/mol. The Morgan fingerprint density at radius 1 is 1.11 bits per heavy atom. The Morgan fingerprint density at radius 3 is 2.44 bits per heavy atom. The first-order chi connectivity index (χ1) is 17.4. The number of anilines is 3. The lowest BCUT2D eigenvalue weighted by Crippen LogP contribution is -2.29. The highest BCUT2D eigenvalue weighted by Crippen LogP contribution is 2.39. The topological polar surface area (TPSA) is 144 Å². The van der Waals surface area contributed by atoms with Gasteiger partial charge in [0.15, 0.2) is 5.65 Å². The van der Waals surface area contributed by atoms with Gasteiger partial charge < -0.3 is 21.1 Å². The van der Waals surface area contributed by atoms with E-state index in [1.807, 2.05) is 10.6 Å². The normalized spacial score (nSPS) is 20.7. The van der Waals surface area contributed by atoms with Crippen LogP contribution in [0, 0.1) is 17.2 Å². The van der Waals surface area contributed by atoms with Gasteiger partial charge in [-0.25, -0.2) is 9.97 Å². The number of nitrogens with zero attached hydrogens (tertiary/aromatic N) is 5. The standard InChI is InChI=1S/C24H26Cl2N8O2/c25-17-9-13(11-27)10-18(26)20(17)32-24-31-19-12-29-23(30-15-5-7-36-8-6-15)33-22(19)34(24)16-3-1-14(2-4-16)21(28)35/h9-10,12,14-16H,1-8H2,(H2,28,35)(H,31,32)(H,29,30,33). The lowest BCUT2D eigenvalue weighted by atomic mass is 9.85. The molecule has 3 aromatic rings. The summed E-state index contributed by atoms with van der Waals surface area (Å²) in [5, 5.41) is 16.5. The summed E-state index contributed by atoms with van der Waals surface area (Å²) < 4.78 is 7.49. The first-order valence-electron chi connectivity index (χ1n) is 12.0. The Balaban J connectivity index is 1.53. The molecule has 12 heteroatoms. The second kappa shape index (κ2) is 10.5. The van der Waals surface area contributed by atoms with Gasteiger partial charge in [-0.15, -0.1) is 0 Å². The van der Waals surface area contributed by atoms with E-state index in [2.05, 4.69) is 15.6 Å². The number of carbonyl (C=O) groups is 1. The van der Waals surface area contributed by atoms with Crippen LogP contribution in [0.1, 0.15) is 50.1 Å². The molecule has 0 bridgehead atoms. The molecule has 10 nitrogen and oxygen atoms in total. The molecule has 1 aliphatic heterocycles. The second-order valence-corrected chi connectivity index (χ2v) is 10.0. The molecule has 0 radical (unpaired) electrons. The number of fused-ring (bicyclic) bond motifs is 1. The Morgan fingerprint density at radius 2 is 1.81 bits per heavy atom. The zero-order chi connectivity index (χ0) is 25.2. The van der Waals surface area contributed by atoms with E-state index in [0.29, 0.717) is 70.4 Å². The number of imidazole rings is 1. The fraction of sp³-hybridized carbons (Fsp3) is 0.458. The Bertz CT molecular complexity index is 1300. The molecule has 4 N–H and O–H groups in total. The quantitative estimate of drug-likeness (QED) is 0.422. The highest BCUT2D eigenvalue weighted by atomic mass is 35.5. The Labute approximate surface area is 218 Å². The van der Waals surface area contributed by atoms with Crippen LogP contribution >= 0.6 is 23.2 Å². The molecule has 0 unspecified atom stereocenters. The number of hydrogen-bond donors (Lipinski definition) is 3. The van der Waals surface area contributed by atoms with Gasteiger partial charge in [0.25, 0.3) is 0 Å². The highest BCUT2D eigenvalue weighted by molar-refractivity contribution is 6.39. The maximum absolute atomic E-state index is 11.7. The first-order valence-corrected chi connectivity index (χ1v) is 12.7. The summed E-state index contributed by atoms with van der Waals surface area (Å²) in [5.74, 6) is 0.653. The van der Waals surface area contributed by atoms with Crippen molar-refractivity contribution in [1.29, 1.82) is 5.26 Å². The number of nitriles is 1. The molecule has 0 spiro atoms. The van der Waals surface area contributed by atoms with E-state index in [0.717, 1.165) is 25.7 Å². The third-order valence-electron chi connectivity index (χ3n) is 6.86. The van der Waals surface area contributed by atoms with Gasteiger partial charge in [-0.05, 0) is 50.7 Å². The maximum Gasteiger partial charge on any atom is 0.224 e. The van der Waals surface area contributed by atoms with Crippen LogP contribution in [0.25, 0.3) is 11.2 Å². The monoisotopic (exact) mass is 528 g/mol. The van der Waals surface area contributed by atoms with E-state index < -0.39 is 0 Å². The third kappa shape index (κ3) is 5.05. The van der Waals surface area contributed by atoms with Crippen molar-refractivity contribution in [2.24, 2.45) is 11.7 Å². The highest BCUT2D eigenvalue weighted by Gasteiger charge is 2.29. The lowest BCUT2D eigenvalue weighted by Gasteiger charge is -2.29. The zero-order valence-electron chi connectivity index (χ0n) is 19.5. The van der Waals surface area contributed by atoms with E-state index in [4.69, 9.17) is 43.6 Å². The number of hydrogen-bond acceptors (Lipinski definition) is 8. The van der Waals surface area contributed by atoms with Crippen molar-refractivity contribution in [2.45, 2.75) is 50.6 Å². The van der Waals surface area contributed by atoms with Gasteiger partial charge in [0.2, 0.25) is 17.8 Å². The SMILES string of the molecule is N#Cc1cc(Cl)c(Nc2nc3cnc(NC4CCOCC4)nc3n2C2CCC(C(N)=O)CC2)c(Cl)c1. The first kappa shape index (κ1) is 24.6. The number of primary amides is 1. The zero-order valence-corrected chi connectivity index (χ0v) is 21.0. The molecule has 1 saturated heterocycles. The summed E-state index contributed by atoms with van der Waals surface area (Å²) in [4.78, 5) is 25.8. The lowest BCUT2D eigenvalue weighted by molar-refractivity contribution is -0.122. The summed E-state index contributed by atoms with van der Waals surface area (Å²) in [6, 6.07) is 5.43. The minimum absolute atomic E-state index is 0.0369. The van der Waals surface area contributed by atoms with E-state index >= 15 is 0 Å². The number of amides is 1. The number of halogens is 2. The van der Waals surface area contributed by atoms with Crippen molar-refractivity contribution in [3.8, 4) is 6.07 Å². The van der Waals surface area contributed by atoms with E-state index in [1.54, 1.807) is 18.3 Å². The molecule has 2 aromatic heterocycles. The summed E-state index contributed by atoms with van der Waals surface area (Å²) in [6.07, 6.45) is 6.35. The molecule has 1 aliphatic carbocycles. The second-order valence-electron chi connectivity index (χ2n) is 9.20. The van der Waals surface area contributed by atoms with Gasteiger partial charge in [-0.2, -0.15) is 10.2 Å². The number of rotatable bonds is 6. The smallest absolute Gasteiger partial charge is 0.224 e. The van der Waals surface area contributed by atoms with Crippen LogP contribution in [0.15, 0.2) is 18.3 Å². The molecular weight excluding hydrogens is 503 g/mol. The maximum atomic E-state index is 11.7. The summed E-state index contributed by atoms with van der Waals surface area (Å²) in [6.45, 7) is 1.42. The van der Waals surface area contributed by atoms with Crippen molar-refractivity contribution in [3.63, 3.8) is 0 Å². The predicted octanol–water partition coefficient (Wildman–Crippen LogP) is 4.56. The van der Waals surface area contributed by atoms with E-state index in [-0.39, 0.29) is 23.9 Å². The number of benzene rings is 1. The van der Waals surface area contributed by atoms with Crippen molar-refractivity contribution < 1.29 is 9.53 Å². The molecule has 0 atom stereocenters. The summed E-state index contributed by atoms with van der Waals surface area (Å²) in [5.41, 5.74) is 7.67. The van der Waals surface area contributed by atoms with Gasteiger partial charge in [0.1, 0.15) is 5.52 Å². The van der Waals surface area contributed by atoms with Gasteiger partial charge >= 0.3 is 0 Å². The molecule has 5 rings (SSSR count). The molecular formula is C24H26Cl2N8O2. The van der Waals surface area contributed by atoms with E-state index in [1.165, 1.54) is 0 Å². The molecule has 188 valence electrons. The molecule has 2 fully saturated rings. The van der Waals surface area contributed by atoms with Gasteiger partial charge in [0.05, 0.1) is 33.6 Å². The minimum atomic E-state index is -0.260. The van der Waals surface area contributed by atoms with Crippen LogP contribution in [0.4, 0.5) is 17.6 Å². The van der Waals surface area contributed by atoms with E-state index in [9.17, 15) is 10.1 Å². The predicted molar refractivity (Wildman–Crippen MR) is 137 cm³/mol. The van der Waals surface area contributed by atoms with Crippen LogP contribution < -0.4 is 16.4 Å². The van der Waals surface area contributed by atoms with Gasteiger partial charge in [-0.3, -0.25) is 9.36 Å². The van der Waals surface area contributed by atoms with Crippen LogP contribution in [0.2, 0.25) is 10.0 Å². The largest absolute Gasteiger partial charge is 0.381 e. The summed E-state index contributed by atoms with van der Waals surface area (Å²) >= 11 is 12.9. The van der Waals surface area contributed by atoms with Crippen LogP contribution in [-0.4, -0.2) is 44.7 Å². The molecule has 2 aliphatic rings. The Kier molecular flexibility index (Phi) is 7.14. The van der Waals surface area contributed by atoms with Crippen LogP contribution in [-0.2, 0) is 9.53 Å². The molecule has 1 saturated carbocycles. The Hall–Kier alpha value is -3.13. The van der Waals surface area contributed by atoms with Crippen molar-refractivity contribution >= 4 is 57.9 Å². The van der Waals surface area contributed by atoms with Gasteiger partial charge in [0, 0.05) is 31.2 Å². The number of carbonyl (C=O) groups excluding carboxylic acids is 1. The van der Waals surface area contributed by atoms with Crippen LogP contribution in [0.3, 0.4) is 0 Å². The fourth-order valence-electron chi connectivity index (χ4n) is 4.91. The average Bonchev–Trinajstić information content (AvgIpc) is 3.24. The van der Waals surface area contributed by atoms with Gasteiger partial charge in [-0.1, -0.05) is 23.2 Å². The fourth-order valence-corrected chi connectivity index (χ4v) is 5.49. The van der Waals surface area contributed by atoms with Crippen LogP contribution in [0.5, 0.6) is 0 Å². The number of ether oxygens (including phenoxy) is 1. The van der Waals surface area contributed by atoms with Crippen molar-refractivity contribution in [1.82, 2.24) is 19.5 Å². The van der Waals surface area contributed by atoms with Crippen molar-refractivity contribution in [3.05, 3.63) is 33.9 Å². The third-order valence-corrected chi connectivity index (χ3v) is 7.46. The number of nitrogens with two attached hydrogens (primary N) is 1. The molecule has 1 amide bonds. The van der Waals surface area contributed by atoms with Crippen molar-refractivity contribution in [2.75, 3.05) is 23.8 Å². The summed E-state index contributed by atoms with van der Waals surface area (Å²) in [7, 11) is 0. The minimum Gasteiger partial charge on any atom is -0.381 e. The molecule has 36 heavy (non-hydrogen) atoms. The molecule has 1 aromatic carbocycles. The number of nitrogens with one attached hydrogen (secondary N) is 2.